The molecule has 28 heavy (non-hydrogen) atoms. The molecule has 1 aliphatic rings. The molecule has 1 unspecified atom stereocenters. The van der Waals surface area contributed by atoms with E-state index in [1.54, 1.807) is 10.9 Å². The van der Waals surface area contributed by atoms with E-state index in [9.17, 15) is 4.79 Å². The Morgan fingerprint density at radius 3 is 2.96 bits per heavy atom. The van der Waals surface area contributed by atoms with Crippen molar-refractivity contribution in [2.45, 2.75) is 26.3 Å². The number of piperidine rings is 1. The second-order valence-corrected chi connectivity index (χ2v) is 7.42. The number of amides is 1. The maximum atomic E-state index is 12.9. The van der Waals surface area contributed by atoms with Crippen molar-refractivity contribution in [2.75, 3.05) is 18.4 Å². The van der Waals surface area contributed by atoms with Crippen molar-refractivity contribution in [1.29, 1.82) is 0 Å². The second-order valence-electron chi connectivity index (χ2n) is 7.42. The maximum absolute atomic E-state index is 12.9. The lowest BCUT2D eigenvalue weighted by Gasteiger charge is -2.32. The molecule has 2 aromatic heterocycles. The summed E-state index contributed by atoms with van der Waals surface area (Å²) in [5.74, 6) is 1.10. The first kappa shape index (κ1) is 18.4. The van der Waals surface area contributed by atoms with Crippen molar-refractivity contribution in [3.63, 3.8) is 0 Å². The van der Waals surface area contributed by atoms with Gasteiger partial charge in [0.2, 0.25) is 5.91 Å². The molecule has 0 spiro atoms. The summed E-state index contributed by atoms with van der Waals surface area (Å²) in [6.07, 6.45) is 7.51. The number of hydrogen-bond acceptors (Lipinski definition) is 4. The van der Waals surface area contributed by atoms with Crippen LogP contribution in [0.1, 0.15) is 24.4 Å². The van der Waals surface area contributed by atoms with E-state index in [4.69, 9.17) is 0 Å². The van der Waals surface area contributed by atoms with E-state index in [0.717, 1.165) is 49.7 Å². The normalized spacial score (nSPS) is 17.6. The minimum atomic E-state index is -0.00330. The molecule has 1 N–H and O–H groups in total. The summed E-state index contributed by atoms with van der Waals surface area (Å²) < 4.78 is 3.90. The predicted molar refractivity (Wildman–Crippen MR) is 108 cm³/mol. The predicted octanol–water partition coefficient (Wildman–Crippen LogP) is 2.76. The van der Waals surface area contributed by atoms with Gasteiger partial charge in [-0.15, -0.1) is 0 Å². The Morgan fingerprint density at radius 2 is 2.21 bits per heavy atom. The molecule has 0 saturated carbocycles. The van der Waals surface area contributed by atoms with Gasteiger partial charge in [0.15, 0.2) is 0 Å². The summed E-state index contributed by atoms with van der Waals surface area (Å²) >= 11 is 0. The third-order valence-corrected chi connectivity index (χ3v) is 5.46. The Morgan fingerprint density at radius 1 is 1.32 bits per heavy atom. The van der Waals surface area contributed by atoms with Crippen molar-refractivity contribution in [3.05, 3.63) is 60.4 Å². The third kappa shape index (κ3) is 3.99. The first-order valence-corrected chi connectivity index (χ1v) is 9.70. The average molecular weight is 378 g/mol. The number of aryl methyl sites for hydroxylation is 1. The number of likely N-dealkylation sites (tertiary alicyclic amines) is 1. The van der Waals surface area contributed by atoms with Crippen LogP contribution in [-0.2, 0) is 18.4 Å². The zero-order valence-corrected chi connectivity index (χ0v) is 16.4. The molecule has 1 fully saturated rings. The van der Waals surface area contributed by atoms with Crippen molar-refractivity contribution >= 4 is 11.6 Å². The van der Waals surface area contributed by atoms with Crippen LogP contribution in [0.3, 0.4) is 0 Å². The Hall–Kier alpha value is -2.93. The fraction of sp³-hybridized carbons (Fsp3) is 0.381. The maximum Gasteiger partial charge on any atom is 0.228 e. The molecule has 4 rings (SSSR count). The van der Waals surface area contributed by atoms with E-state index in [0.29, 0.717) is 0 Å². The van der Waals surface area contributed by atoms with E-state index in [2.05, 4.69) is 24.9 Å². The van der Waals surface area contributed by atoms with Crippen molar-refractivity contribution in [1.82, 2.24) is 24.2 Å². The molecule has 3 aromatic rings. The summed E-state index contributed by atoms with van der Waals surface area (Å²) in [5.41, 5.74) is 2.92. The highest BCUT2D eigenvalue weighted by Gasteiger charge is 2.26. The van der Waals surface area contributed by atoms with Gasteiger partial charge in [-0.1, -0.05) is 6.07 Å². The van der Waals surface area contributed by atoms with Gasteiger partial charge in [-0.2, -0.15) is 5.10 Å². The summed E-state index contributed by atoms with van der Waals surface area (Å²) in [7, 11) is 2.04. The standard InChI is InChI=1S/C21H26N6O/c1-16-22-13-20(25(16)2)15-26-10-4-6-17(14-26)21(28)24-18-7-3-8-19(12-18)27-11-5-9-23-27/h3,5,7-9,11-13,17H,4,6,10,14-15H2,1-2H3,(H,24,28). The van der Waals surface area contributed by atoms with E-state index in [1.807, 2.05) is 56.7 Å². The lowest BCUT2D eigenvalue weighted by Crippen LogP contribution is -2.40. The quantitative estimate of drug-likeness (QED) is 0.741. The largest absolute Gasteiger partial charge is 0.334 e. The number of hydrogen-bond donors (Lipinski definition) is 1. The fourth-order valence-corrected chi connectivity index (χ4v) is 3.73. The number of rotatable bonds is 5. The Balaban J connectivity index is 1.39. The van der Waals surface area contributed by atoms with Gasteiger partial charge in [0, 0.05) is 44.4 Å². The molecule has 146 valence electrons. The topological polar surface area (TPSA) is 68.0 Å². The van der Waals surface area contributed by atoms with Gasteiger partial charge in [-0.3, -0.25) is 9.69 Å². The van der Waals surface area contributed by atoms with Crippen LogP contribution in [0.25, 0.3) is 5.69 Å². The van der Waals surface area contributed by atoms with Crippen molar-refractivity contribution < 1.29 is 4.79 Å². The Kier molecular flexibility index (Phi) is 5.25. The summed E-state index contributed by atoms with van der Waals surface area (Å²) in [6.45, 7) is 4.63. The molecular weight excluding hydrogens is 352 g/mol. The lowest BCUT2D eigenvalue weighted by atomic mass is 9.97. The van der Waals surface area contributed by atoms with Gasteiger partial charge in [-0.05, 0) is 50.6 Å². The molecule has 1 saturated heterocycles. The van der Waals surface area contributed by atoms with Gasteiger partial charge in [-0.25, -0.2) is 9.67 Å². The molecule has 1 atom stereocenters. The third-order valence-electron chi connectivity index (χ3n) is 5.46. The number of nitrogens with one attached hydrogen (secondary N) is 1. The molecule has 0 bridgehead atoms. The molecule has 1 aliphatic heterocycles. The number of carbonyl (C=O) groups is 1. The highest BCUT2D eigenvalue weighted by atomic mass is 16.1. The van der Waals surface area contributed by atoms with Gasteiger partial charge >= 0.3 is 0 Å². The summed E-state index contributed by atoms with van der Waals surface area (Å²) in [5, 5.41) is 7.34. The highest BCUT2D eigenvalue weighted by molar-refractivity contribution is 5.93. The lowest BCUT2D eigenvalue weighted by molar-refractivity contribution is -0.121. The zero-order chi connectivity index (χ0) is 19.5. The molecule has 1 aromatic carbocycles. The highest BCUT2D eigenvalue weighted by Crippen LogP contribution is 2.21. The monoisotopic (exact) mass is 378 g/mol. The van der Waals surface area contributed by atoms with Crippen LogP contribution in [0, 0.1) is 12.8 Å². The van der Waals surface area contributed by atoms with Gasteiger partial charge < -0.3 is 9.88 Å². The van der Waals surface area contributed by atoms with Crippen molar-refractivity contribution in [2.24, 2.45) is 13.0 Å². The molecule has 0 radical (unpaired) electrons. The molecule has 7 heteroatoms. The first-order valence-electron chi connectivity index (χ1n) is 9.70. The molecule has 0 aliphatic carbocycles. The molecule has 7 nitrogen and oxygen atoms in total. The number of benzene rings is 1. The van der Waals surface area contributed by atoms with E-state index in [1.165, 1.54) is 5.69 Å². The number of anilines is 1. The van der Waals surface area contributed by atoms with Gasteiger partial charge in [0.25, 0.3) is 0 Å². The number of aromatic nitrogens is 4. The molecule has 3 heterocycles. The Labute approximate surface area is 165 Å². The van der Waals surface area contributed by atoms with Crippen LogP contribution in [-0.4, -0.2) is 43.2 Å². The van der Waals surface area contributed by atoms with Crippen molar-refractivity contribution in [3.8, 4) is 5.69 Å². The van der Waals surface area contributed by atoms with Crippen LogP contribution < -0.4 is 5.32 Å². The van der Waals surface area contributed by atoms with Crippen LogP contribution in [0.4, 0.5) is 5.69 Å². The van der Waals surface area contributed by atoms with E-state index >= 15 is 0 Å². The molecule has 1 amide bonds. The summed E-state index contributed by atoms with van der Waals surface area (Å²) in [6, 6.07) is 9.66. The Bertz CT molecular complexity index is 946. The number of nitrogens with zero attached hydrogens (tertiary/aromatic N) is 5. The van der Waals surface area contributed by atoms with E-state index in [-0.39, 0.29) is 11.8 Å². The van der Waals surface area contributed by atoms with Gasteiger partial charge in [0.05, 0.1) is 17.3 Å². The van der Waals surface area contributed by atoms with Gasteiger partial charge in [0.1, 0.15) is 5.82 Å². The number of imidazole rings is 1. The fourth-order valence-electron chi connectivity index (χ4n) is 3.73. The van der Waals surface area contributed by atoms with Crippen LogP contribution in [0.15, 0.2) is 48.9 Å². The van der Waals surface area contributed by atoms with Crippen LogP contribution >= 0.6 is 0 Å². The minimum Gasteiger partial charge on any atom is -0.334 e. The SMILES string of the molecule is Cc1ncc(CN2CCCC(C(=O)Nc3cccc(-n4cccn4)c3)C2)n1C. The summed E-state index contributed by atoms with van der Waals surface area (Å²) in [4.78, 5) is 19.6. The van der Waals surface area contributed by atoms with Crippen LogP contribution in [0.5, 0.6) is 0 Å². The average Bonchev–Trinajstić information content (AvgIpc) is 3.35. The van der Waals surface area contributed by atoms with E-state index < -0.39 is 0 Å². The van der Waals surface area contributed by atoms with Crippen LogP contribution in [0.2, 0.25) is 0 Å². The number of carbonyl (C=O) groups excluding carboxylic acids is 1. The minimum absolute atomic E-state index is 0.00330. The second kappa shape index (κ2) is 7.98. The molecular formula is C21H26N6O. The smallest absolute Gasteiger partial charge is 0.228 e. The first-order chi connectivity index (χ1) is 13.6. The zero-order valence-electron chi connectivity index (χ0n) is 16.4.